The topological polar surface area (TPSA) is 52.3 Å². The fraction of sp³-hybridized carbons (Fsp3) is 0.519. The summed E-state index contributed by atoms with van der Waals surface area (Å²) in [4.78, 5) is 14.4. The molecule has 31 heavy (non-hydrogen) atoms. The Kier molecular flexibility index (Phi) is 7.09. The van der Waals surface area contributed by atoms with Crippen molar-refractivity contribution in [1.29, 1.82) is 0 Å². The summed E-state index contributed by atoms with van der Waals surface area (Å²) in [5.41, 5.74) is 9.83. The Labute approximate surface area is 187 Å². The van der Waals surface area contributed by atoms with E-state index >= 15 is 0 Å². The Balaban J connectivity index is 1.72. The van der Waals surface area contributed by atoms with Crippen molar-refractivity contribution < 1.29 is 14.0 Å². The number of hydrogen-bond acceptors (Lipinski definition) is 3. The predicted molar refractivity (Wildman–Crippen MR) is 125 cm³/mol. The molecule has 2 aromatic carbocycles. The van der Waals surface area contributed by atoms with E-state index in [4.69, 9.17) is 10.5 Å². The monoisotopic (exact) mass is 421 g/mol. The van der Waals surface area contributed by atoms with Gasteiger partial charge in [0.05, 0.1) is 20.2 Å². The van der Waals surface area contributed by atoms with Crippen molar-refractivity contribution in [2.45, 2.75) is 63.3 Å². The Morgan fingerprint density at radius 1 is 1.06 bits per heavy atom. The van der Waals surface area contributed by atoms with Crippen LogP contribution in [-0.4, -0.2) is 43.2 Å². The van der Waals surface area contributed by atoms with Gasteiger partial charge < -0.3 is 10.5 Å². The van der Waals surface area contributed by atoms with Crippen LogP contribution in [0.15, 0.2) is 48.5 Å². The van der Waals surface area contributed by atoms with Crippen LogP contribution in [0.25, 0.3) is 0 Å². The summed E-state index contributed by atoms with van der Waals surface area (Å²) in [5.74, 6) is 1.24. The molecule has 1 saturated heterocycles. The number of ether oxygens (including phenoxy) is 1. The van der Waals surface area contributed by atoms with Crippen LogP contribution in [0.5, 0.6) is 5.75 Å². The normalized spacial score (nSPS) is 21.5. The summed E-state index contributed by atoms with van der Waals surface area (Å²) in [5, 5.41) is 0. The first kappa shape index (κ1) is 22.0. The molecule has 4 rings (SSSR count). The van der Waals surface area contributed by atoms with Gasteiger partial charge >= 0.3 is 5.91 Å². The van der Waals surface area contributed by atoms with Crippen LogP contribution in [0.1, 0.15) is 61.1 Å². The summed E-state index contributed by atoms with van der Waals surface area (Å²) in [6.45, 7) is 2.45. The van der Waals surface area contributed by atoms with Gasteiger partial charge in [-0.3, -0.25) is 4.48 Å². The molecule has 1 fully saturated rings. The molecule has 0 aromatic heterocycles. The van der Waals surface area contributed by atoms with Crippen molar-refractivity contribution in [3.63, 3.8) is 0 Å². The number of fused-ring (bicyclic) bond motifs is 1. The quantitative estimate of drug-likeness (QED) is 0.694. The highest BCUT2D eigenvalue weighted by Crippen LogP contribution is 2.38. The van der Waals surface area contributed by atoms with Gasteiger partial charge in [-0.1, -0.05) is 42.5 Å². The van der Waals surface area contributed by atoms with E-state index in [1.165, 1.54) is 24.0 Å². The number of aryl methyl sites for hydroxylation is 1. The van der Waals surface area contributed by atoms with Gasteiger partial charge in [0, 0.05) is 18.4 Å². The van der Waals surface area contributed by atoms with E-state index in [9.17, 15) is 4.79 Å². The van der Waals surface area contributed by atoms with Crippen molar-refractivity contribution >= 4 is 5.91 Å². The summed E-state index contributed by atoms with van der Waals surface area (Å²) in [7, 11) is 1.76. The number of likely N-dealkylation sites (tertiary alicyclic amines) is 1. The Morgan fingerprint density at radius 2 is 1.81 bits per heavy atom. The van der Waals surface area contributed by atoms with Crippen LogP contribution in [0.2, 0.25) is 0 Å². The Hall–Kier alpha value is -2.17. The average Bonchev–Trinajstić information content (AvgIpc) is 3.09. The molecule has 1 amide bonds. The number of hydrogen-bond donors (Lipinski definition) is 1. The van der Waals surface area contributed by atoms with Gasteiger partial charge in [0.15, 0.2) is 0 Å². The van der Waals surface area contributed by atoms with Crippen molar-refractivity contribution in [3.8, 4) is 5.75 Å². The van der Waals surface area contributed by atoms with Gasteiger partial charge in [-0.15, -0.1) is 0 Å². The van der Waals surface area contributed by atoms with E-state index in [-0.39, 0.29) is 5.92 Å². The number of benzene rings is 2. The second kappa shape index (κ2) is 9.97. The van der Waals surface area contributed by atoms with E-state index in [2.05, 4.69) is 30.3 Å². The highest BCUT2D eigenvalue weighted by atomic mass is 16.5. The number of quaternary nitrogens is 1. The number of amides is 1. The third-order valence-corrected chi connectivity index (χ3v) is 7.59. The van der Waals surface area contributed by atoms with Crippen LogP contribution in [-0.2, 0) is 17.6 Å². The second-order valence-electron chi connectivity index (χ2n) is 9.27. The van der Waals surface area contributed by atoms with Crippen molar-refractivity contribution in [2.24, 2.45) is 5.73 Å². The summed E-state index contributed by atoms with van der Waals surface area (Å²) in [6.07, 6.45) is 8.45. The molecule has 0 spiro atoms. The maximum atomic E-state index is 14.4. The van der Waals surface area contributed by atoms with Crippen molar-refractivity contribution in [3.05, 3.63) is 65.2 Å². The van der Waals surface area contributed by atoms with Crippen molar-refractivity contribution in [1.82, 2.24) is 0 Å². The Bertz CT molecular complexity index is 858. The Morgan fingerprint density at radius 3 is 2.48 bits per heavy atom. The zero-order valence-corrected chi connectivity index (χ0v) is 18.9. The highest BCUT2D eigenvalue weighted by molar-refractivity contribution is 5.78. The number of nitrogens with zero attached hydrogens (tertiary/aromatic N) is 1. The zero-order chi connectivity index (χ0) is 21.7. The standard InChI is InChI=1S/C27H37N2O2/c1-31-26-13-9-12-22-14-15-23(20-25(22)26)29(18-7-2-3-8-19-29)27(30)24(16-17-28)21-10-5-4-6-11-21/h4-6,9-13,23-24H,2-3,7-8,14-20,28H2,1H3/q+1. The number of carbonyl (C=O) groups is 1. The molecule has 0 saturated carbocycles. The summed E-state index contributed by atoms with van der Waals surface area (Å²) in [6, 6.07) is 17.0. The number of carbonyl (C=O) groups excluding carboxylic acids is 1. The van der Waals surface area contributed by atoms with Gasteiger partial charge in [0.25, 0.3) is 0 Å². The van der Waals surface area contributed by atoms with Crippen LogP contribution < -0.4 is 10.5 Å². The number of methoxy groups -OCH3 is 1. The lowest BCUT2D eigenvalue weighted by molar-refractivity contribution is -0.880. The average molecular weight is 422 g/mol. The zero-order valence-electron chi connectivity index (χ0n) is 18.9. The van der Waals surface area contributed by atoms with Crippen LogP contribution in [0.3, 0.4) is 0 Å². The SMILES string of the molecule is COc1cccc2c1CC([N+]1(C(=O)C(CCN)c3ccccc3)CCCCCC1)CC2. The molecule has 2 N–H and O–H groups in total. The van der Waals surface area contributed by atoms with E-state index < -0.39 is 0 Å². The fourth-order valence-corrected chi connectivity index (χ4v) is 5.96. The lowest BCUT2D eigenvalue weighted by atomic mass is 9.83. The molecule has 1 aliphatic heterocycles. The smallest absolute Gasteiger partial charge is 0.321 e. The maximum Gasteiger partial charge on any atom is 0.321 e. The molecule has 1 heterocycles. The predicted octanol–water partition coefficient (Wildman–Crippen LogP) is 4.60. The van der Waals surface area contributed by atoms with E-state index in [0.717, 1.165) is 62.9 Å². The minimum atomic E-state index is -0.122. The molecule has 0 bridgehead atoms. The maximum absolute atomic E-state index is 14.4. The van der Waals surface area contributed by atoms with E-state index in [0.29, 0.717) is 23.0 Å². The van der Waals surface area contributed by atoms with Gasteiger partial charge in [-0.25, -0.2) is 4.79 Å². The first-order valence-electron chi connectivity index (χ1n) is 12.0. The highest BCUT2D eigenvalue weighted by Gasteiger charge is 2.48. The lowest BCUT2D eigenvalue weighted by Crippen LogP contribution is -2.62. The third-order valence-electron chi connectivity index (χ3n) is 7.59. The molecule has 2 aromatic rings. The van der Waals surface area contributed by atoms with Crippen LogP contribution in [0, 0.1) is 0 Å². The van der Waals surface area contributed by atoms with Gasteiger partial charge in [0.1, 0.15) is 17.7 Å². The number of rotatable bonds is 6. The fourth-order valence-electron chi connectivity index (χ4n) is 5.96. The molecule has 4 nitrogen and oxygen atoms in total. The lowest BCUT2D eigenvalue weighted by Gasteiger charge is -2.45. The minimum absolute atomic E-state index is 0.122. The molecule has 4 heteroatoms. The summed E-state index contributed by atoms with van der Waals surface area (Å²) < 4.78 is 6.34. The van der Waals surface area contributed by atoms with E-state index in [1.54, 1.807) is 7.11 Å². The third kappa shape index (κ3) is 4.42. The van der Waals surface area contributed by atoms with Gasteiger partial charge in [-0.05, 0) is 62.3 Å². The molecular formula is C27H37N2O2+. The number of nitrogens with two attached hydrogens (primary N) is 1. The first-order chi connectivity index (χ1) is 15.2. The van der Waals surface area contributed by atoms with Gasteiger partial charge in [-0.2, -0.15) is 0 Å². The molecule has 1 aliphatic carbocycles. The molecule has 166 valence electrons. The van der Waals surface area contributed by atoms with Crippen LogP contribution in [0.4, 0.5) is 0 Å². The first-order valence-corrected chi connectivity index (χ1v) is 12.0. The molecule has 2 unspecified atom stereocenters. The van der Waals surface area contributed by atoms with Crippen LogP contribution >= 0.6 is 0 Å². The summed E-state index contributed by atoms with van der Waals surface area (Å²) >= 11 is 0. The molecule has 2 atom stereocenters. The van der Waals surface area contributed by atoms with Gasteiger partial charge in [0.2, 0.25) is 0 Å². The molecular weight excluding hydrogens is 384 g/mol. The molecule has 0 radical (unpaired) electrons. The largest absolute Gasteiger partial charge is 0.496 e. The van der Waals surface area contributed by atoms with Crippen molar-refractivity contribution in [2.75, 3.05) is 26.7 Å². The second-order valence-corrected chi connectivity index (χ2v) is 9.27. The van der Waals surface area contributed by atoms with E-state index in [1.807, 2.05) is 18.2 Å². The minimum Gasteiger partial charge on any atom is -0.496 e. The molecule has 2 aliphatic rings.